The van der Waals surface area contributed by atoms with Gasteiger partial charge in [-0.3, -0.25) is 4.57 Å². The van der Waals surface area contributed by atoms with Gasteiger partial charge >= 0.3 is 0 Å². The number of imidazole rings is 1. The van der Waals surface area contributed by atoms with Crippen molar-refractivity contribution in [3.63, 3.8) is 0 Å². The fourth-order valence-corrected chi connectivity index (χ4v) is 1.66. The van der Waals surface area contributed by atoms with Crippen molar-refractivity contribution in [2.45, 2.75) is 20.1 Å². The van der Waals surface area contributed by atoms with Crippen LogP contribution in [0.2, 0.25) is 0 Å². The maximum absolute atomic E-state index is 9.50. The lowest BCUT2D eigenvalue weighted by Gasteiger charge is -2.17. The average molecular weight is 340 g/mol. The van der Waals surface area contributed by atoms with Crippen LogP contribution in [0.4, 0.5) is 11.8 Å². The minimum atomic E-state index is -0.631. The number of aliphatic hydroxyl groups excluding tert-OH is 1. The van der Waals surface area contributed by atoms with Crippen LogP contribution in [0.3, 0.4) is 0 Å². The Kier molecular flexibility index (Phi) is 8.02. The molecule has 0 amide bonds. The van der Waals surface area contributed by atoms with Crippen LogP contribution in [0.1, 0.15) is 20.1 Å². The zero-order valence-electron chi connectivity index (χ0n) is 14.0. The second-order valence-electron chi connectivity index (χ2n) is 5.17. The highest BCUT2D eigenvalue weighted by Crippen LogP contribution is 2.20. The maximum atomic E-state index is 9.50. The Labute approximate surface area is 139 Å². The van der Waals surface area contributed by atoms with E-state index in [0.717, 1.165) is 6.29 Å². The Morgan fingerprint density at radius 3 is 2.54 bits per heavy atom. The Balaban J connectivity index is 0.000000505. The van der Waals surface area contributed by atoms with Crippen LogP contribution >= 0.6 is 0 Å². The lowest BCUT2D eigenvalue weighted by molar-refractivity contribution is -0.110. The van der Waals surface area contributed by atoms with E-state index in [2.05, 4.69) is 15.0 Å². The van der Waals surface area contributed by atoms with E-state index in [0.29, 0.717) is 24.4 Å². The van der Waals surface area contributed by atoms with E-state index in [1.807, 2.05) is 13.8 Å². The van der Waals surface area contributed by atoms with Gasteiger partial charge in [-0.05, 0) is 0 Å². The van der Waals surface area contributed by atoms with Crippen LogP contribution in [0.5, 0.6) is 0 Å². The van der Waals surface area contributed by atoms with Crippen molar-refractivity contribution < 1.29 is 19.4 Å². The van der Waals surface area contributed by atoms with E-state index in [4.69, 9.17) is 20.9 Å². The monoisotopic (exact) mass is 340 g/mol. The van der Waals surface area contributed by atoms with Crippen molar-refractivity contribution in [1.82, 2.24) is 19.5 Å². The fourth-order valence-electron chi connectivity index (χ4n) is 1.66. The fraction of sp³-hybridized carbons (Fsp3) is 0.571. The maximum Gasteiger partial charge on any atom is 0.224 e. The molecule has 0 fully saturated rings. The van der Waals surface area contributed by atoms with Gasteiger partial charge < -0.3 is 30.8 Å². The molecule has 1 unspecified atom stereocenters. The minimum Gasteiger partial charge on any atom is -0.392 e. The number of carbonyl (C=O) groups excluding carboxylic acids is 1. The number of fused-ring (bicyclic) bond motifs is 1. The molecular formula is C14H24N6O4. The van der Waals surface area contributed by atoms with Crippen molar-refractivity contribution in [2.24, 2.45) is 5.92 Å². The molecule has 24 heavy (non-hydrogen) atoms. The molecule has 10 nitrogen and oxygen atoms in total. The molecule has 2 aromatic rings. The number of rotatable bonds is 7. The van der Waals surface area contributed by atoms with Crippen molar-refractivity contribution in [3.05, 3.63) is 6.33 Å². The molecular weight excluding hydrogens is 316 g/mol. The lowest BCUT2D eigenvalue weighted by atomic mass is 10.3. The summed E-state index contributed by atoms with van der Waals surface area (Å²) in [5.41, 5.74) is 12.1. The third kappa shape index (κ3) is 5.41. The largest absolute Gasteiger partial charge is 0.392 e. The molecule has 5 N–H and O–H groups in total. The molecule has 2 rings (SSSR count). The number of nitrogens with two attached hydrogens (primary N) is 2. The second kappa shape index (κ2) is 9.75. The molecule has 0 saturated carbocycles. The van der Waals surface area contributed by atoms with Gasteiger partial charge in [0.2, 0.25) is 5.95 Å². The molecule has 0 spiro atoms. The summed E-state index contributed by atoms with van der Waals surface area (Å²) in [6, 6.07) is 0. The highest BCUT2D eigenvalue weighted by molar-refractivity contribution is 5.82. The summed E-state index contributed by atoms with van der Waals surface area (Å²) in [5.74, 6) is 0.435. The number of ether oxygens (including phenoxy) is 2. The van der Waals surface area contributed by atoms with Gasteiger partial charge in [-0.2, -0.15) is 9.97 Å². The molecule has 0 radical (unpaired) electrons. The number of nitrogens with zero attached hydrogens (tertiary/aromatic N) is 4. The number of aliphatic hydroxyl groups is 1. The summed E-state index contributed by atoms with van der Waals surface area (Å²) in [6.45, 7) is 4.22. The van der Waals surface area contributed by atoms with Crippen molar-refractivity contribution in [2.75, 3.05) is 38.4 Å². The van der Waals surface area contributed by atoms with Gasteiger partial charge in [-0.15, -0.1) is 0 Å². The predicted octanol–water partition coefficient (Wildman–Crippen LogP) is -0.0141. The molecule has 0 aliphatic carbocycles. The molecule has 2 heterocycles. The molecule has 0 bridgehead atoms. The van der Waals surface area contributed by atoms with Crippen LogP contribution < -0.4 is 11.5 Å². The van der Waals surface area contributed by atoms with Crippen LogP contribution in [0.25, 0.3) is 11.2 Å². The van der Waals surface area contributed by atoms with Crippen LogP contribution in [0.15, 0.2) is 6.33 Å². The smallest absolute Gasteiger partial charge is 0.224 e. The molecule has 0 aliphatic rings. The van der Waals surface area contributed by atoms with Crippen molar-refractivity contribution >= 4 is 29.2 Å². The summed E-state index contributed by atoms with van der Waals surface area (Å²) >= 11 is 0. The zero-order valence-corrected chi connectivity index (χ0v) is 14.0. The zero-order chi connectivity index (χ0) is 18.1. The van der Waals surface area contributed by atoms with Gasteiger partial charge in [0.25, 0.3) is 0 Å². The second-order valence-corrected chi connectivity index (χ2v) is 5.17. The van der Waals surface area contributed by atoms with E-state index in [-0.39, 0.29) is 24.3 Å². The third-order valence-corrected chi connectivity index (χ3v) is 2.80. The van der Waals surface area contributed by atoms with E-state index >= 15 is 0 Å². The summed E-state index contributed by atoms with van der Waals surface area (Å²) in [7, 11) is 1.57. The lowest BCUT2D eigenvalue weighted by Crippen LogP contribution is -2.19. The summed E-state index contributed by atoms with van der Waals surface area (Å²) in [4.78, 5) is 21.5. The summed E-state index contributed by atoms with van der Waals surface area (Å²) in [5, 5.41) is 9.37. The number of hydrogen-bond donors (Lipinski definition) is 3. The quantitative estimate of drug-likeness (QED) is 0.466. The van der Waals surface area contributed by atoms with Crippen LogP contribution in [0, 0.1) is 5.92 Å². The Bertz CT molecular complexity index is 645. The van der Waals surface area contributed by atoms with E-state index < -0.39 is 6.23 Å². The van der Waals surface area contributed by atoms with Gasteiger partial charge in [0.1, 0.15) is 11.8 Å². The predicted molar refractivity (Wildman–Crippen MR) is 89.0 cm³/mol. The van der Waals surface area contributed by atoms with Gasteiger partial charge in [0.05, 0.1) is 26.1 Å². The van der Waals surface area contributed by atoms with Gasteiger partial charge in [0.15, 0.2) is 17.7 Å². The normalized spacial score (nSPS) is 12.0. The Hall–Kier alpha value is -2.30. The first-order valence-corrected chi connectivity index (χ1v) is 7.36. The molecule has 10 heteroatoms. The van der Waals surface area contributed by atoms with Crippen molar-refractivity contribution in [3.8, 4) is 0 Å². The molecule has 0 aromatic carbocycles. The number of carbonyl (C=O) groups is 1. The number of methoxy groups -OCH3 is 1. The molecule has 0 saturated heterocycles. The molecule has 2 aromatic heterocycles. The minimum absolute atomic E-state index is 0.0420. The highest BCUT2D eigenvalue weighted by Gasteiger charge is 2.17. The molecule has 1 atom stereocenters. The molecule has 0 aliphatic heterocycles. The first-order valence-electron chi connectivity index (χ1n) is 7.36. The SMILES string of the molecule is CC(C)C=O.COCCOC(CO)n1cnc2c(N)nc(N)nc21. The number of aldehydes is 1. The summed E-state index contributed by atoms with van der Waals surface area (Å²) < 4.78 is 11.9. The number of anilines is 2. The van der Waals surface area contributed by atoms with Crippen LogP contribution in [-0.2, 0) is 14.3 Å². The molecule has 134 valence electrons. The van der Waals surface area contributed by atoms with E-state index in [9.17, 15) is 9.90 Å². The third-order valence-electron chi connectivity index (χ3n) is 2.80. The van der Waals surface area contributed by atoms with Gasteiger partial charge in [0, 0.05) is 13.0 Å². The highest BCUT2D eigenvalue weighted by atomic mass is 16.5. The first kappa shape index (κ1) is 19.7. The van der Waals surface area contributed by atoms with Crippen molar-refractivity contribution in [1.29, 1.82) is 0 Å². The van der Waals surface area contributed by atoms with E-state index in [1.165, 1.54) is 6.33 Å². The number of hydrogen-bond acceptors (Lipinski definition) is 9. The van der Waals surface area contributed by atoms with E-state index in [1.54, 1.807) is 11.7 Å². The number of aromatic nitrogens is 4. The average Bonchev–Trinajstić information content (AvgIpc) is 2.96. The van der Waals surface area contributed by atoms with Crippen LogP contribution in [-0.4, -0.2) is 57.8 Å². The topological polar surface area (TPSA) is 151 Å². The van der Waals surface area contributed by atoms with Gasteiger partial charge in [-0.25, -0.2) is 4.98 Å². The standard InChI is InChI=1S/C10H16N6O3.C4H8O/c1-18-2-3-19-6(4-17)16-5-13-7-8(11)14-10(12)15-9(7)16;1-4(2)3-5/h5-6,17H,2-4H2,1H3,(H4,11,12,14,15);3-4H,1-2H3. The Morgan fingerprint density at radius 2 is 2.00 bits per heavy atom. The Morgan fingerprint density at radius 1 is 1.33 bits per heavy atom. The summed E-state index contributed by atoms with van der Waals surface area (Å²) in [6.07, 6.45) is 1.76. The van der Waals surface area contributed by atoms with Gasteiger partial charge in [-0.1, -0.05) is 13.8 Å². The first-order chi connectivity index (χ1) is 11.4. The number of nitrogen functional groups attached to an aromatic ring is 2.